The molecule has 114 valence electrons. The fraction of sp³-hybridized carbons (Fsp3) is 0.462. The average molecular weight is 321 g/mol. The summed E-state index contributed by atoms with van der Waals surface area (Å²) in [6, 6.07) is 8.48. The zero-order valence-electron chi connectivity index (χ0n) is 11.4. The molecule has 0 bridgehead atoms. The van der Waals surface area contributed by atoms with E-state index in [4.69, 9.17) is 5.73 Å². The van der Waals surface area contributed by atoms with Gasteiger partial charge in [0.05, 0.1) is 17.5 Å². The Morgan fingerprint density at radius 2 is 1.90 bits per heavy atom. The lowest BCUT2D eigenvalue weighted by atomic mass is 10.2. The van der Waals surface area contributed by atoms with Gasteiger partial charge < -0.3 is 11.1 Å². The predicted molar refractivity (Wildman–Crippen MR) is 82.5 cm³/mol. The van der Waals surface area contributed by atoms with Gasteiger partial charge in [0.2, 0.25) is 5.91 Å². The van der Waals surface area contributed by atoms with Crippen LogP contribution in [0.1, 0.15) is 18.9 Å². The van der Waals surface area contributed by atoms with Crippen LogP contribution >= 0.6 is 12.4 Å². The quantitative estimate of drug-likeness (QED) is 0.730. The Bertz CT molecular complexity index is 504. The lowest BCUT2D eigenvalue weighted by Crippen LogP contribution is -2.39. The van der Waals surface area contributed by atoms with Gasteiger partial charge in [-0.3, -0.25) is 4.79 Å². The van der Waals surface area contributed by atoms with E-state index in [1.807, 2.05) is 18.2 Å². The molecule has 1 aromatic rings. The first-order valence-electron chi connectivity index (χ1n) is 6.18. The van der Waals surface area contributed by atoms with E-state index < -0.39 is 15.9 Å². The van der Waals surface area contributed by atoms with E-state index in [1.54, 1.807) is 19.1 Å². The highest BCUT2D eigenvalue weighted by molar-refractivity contribution is 7.90. The number of benzene rings is 1. The molecule has 0 saturated carbocycles. The minimum Gasteiger partial charge on any atom is -0.355 e. The van der Waals surface area contributed by atoms with E-state index in [9.17, 15) is 13.2 Å². The molecule has 0 radical (unpaired) electrons. The lowest BCUT2D eigenvalue weighted by Gasteiger charge is -2.08. The minimum absolute atomic E-state index is 0. The largest absolute Gasteiger partial charge is 0.355 e. The molecule has 0 aromatic heterocycles. The predicted octanol–water partition coefficient (Wildman–Crippen LogP) is 0.877. The number of halogens is 1. The summed E-state index contributed by atoms with van der Waals surface area (Å²) >= 11 is 0. The Kier molecular flexibility index (Phi) is 8.45. The molecule has 1 amide bonds. The number of amides is 1. The molecule has 0 aliphatic rings. The van der Waals surface area contributed by atoms with Gasteiger partial charge in [-0.15, -0.1) is 12.4 Å². The average Bonchev–Trinajstić information content (AvgIpc) is 2.35. The Morgan fingerprint density at radius 1 is 1.30 bits per heavy atom. The van der Waals surface area contributed by atoms with Gasteiger partial charge in [0, 0.05) is 6.54 Å². The van der Waals surface area contributed by atoms with E-state index in [0.29, 0.717) is 13.0 Å². The fourth-order valence-corrected chi connectivity index (χ4v) is 2.99. The number of hydrogen-bond donors (Lipinski definition) is 2. The summed E-state index contributed by atoms with van der Waals surface area (Å²) in [5.41, 5.74) is 6.16. The Balaban J connectivity index is 0.00000361. The number of nitrogens with one attached hydrogen (secondary N) is 1. The third-order valence-electron chi connectivity index (χ3n) is 2.57. The highest BCUT2D eigenvalue weighted by atomic mass is 35.5. The maximum atomic E-state index is 11.8. The van der Waals surface area contributed by atoms with Crippen LogP contribution in [0.4, 0.5) is 0 Å². The number of hydrogen-bond acceptors (Lipinski definition) is 4. The van der Waals surface area contributed by atoms with Crippen LogP contribution in [0.2, 0.25) is 0 Å². The molecule has 1 unspecified atom stereocenters. The summed E-state index contributed by atoms with van der Waals surface area (Å²) in [6.07, 6.45) is 0.396. The van der Waals surface area contributed by atoms with Crippen molar-refractivity contribution in [3.63, 3.8) is 0 Å². The highest BCUT2D eigenvalue weighted by Gasteiger charge is 2.12. The van der Waals surface area contributed by atoms with Gasteiger partial charge in [0.15, 0.2) is 9.84 Å². The second kappa shape index (κ2) is 8.94. The molecule has 0 aliphatic carbocycles. The van der Waals surface area contributed by atoms with E-state index in [0.717, 1.165) is 5.56 Å². The molecule has 0 spiro atoms. The molecule has 0 aliphatic heterocycles. The number of carbonyl (C=O) groups excluding carboxylic acids is 1. The zero-order valence-corrected chi connectivity index (χ0v) is 13.0. The van der Waals surface area contributed by atoms with Gasteiger partial charge in [-0.1, -0.05) is 30.3 Å². The molecule has 7 heteroatoms. The standard InChI is InChI=1S/C13H20N2O3S.ClH/c1-11(14)13(16)15-8-5-9-19(17,18)10-12-6-3-2-4-7-12;/h2-4,6-7,11H,5,8-10,14H2,1H3,(H,15,16);1H. The van der Waals surface area contributed by atoms with Gasteiger partial charge >= 0.3 is 0 Å². The van der Waals surface area contributed by atoms with Crippen LogP contribution in [-0.4, -0.2) is 32.7 Å². The summed E-state index contributed by atoms with van der Waals surface area (Å²) in [6.45, 7) is 1.91. The van der Waals surface area contributed by atoms with Gasteiger partial charge in [-0.25, -0.2) is 8.42 Å². The van der Waals surface area contributed by atoms with E-state index >= 15 is 0 Å². The van der Waals surface area contributed by atoms with E-state index in [-0.39, 0.29) is 29.8 Å². The number of carbonyl (C=O) groups is 1. The van der Waals surface area contributed by atoms with Crippen LogP contribution in [0.5, 0.6) is 0 Å². The van der Waals surface area contributed by atoms with Crippen molar-refractivity contribution in [1.29, 1.82) is 0 Å². The maximum Gasteiger partial charge on any atom is 0.236 e. The van der Waals surface area contributed by atoms with Crippen LogP contribution in [0, 0.1) is 0 Å². The van der Waals surface area contributed by atoms with E-state index in [1.165, 1.54) is 0 Å². The van der Waals surface area contributed by atoms with Crippen LogP contribution in [0.25, 0.3) is 0 Å². The third kappa shape index (κ3) is 7.47. The van der Waals surface area contributed by atoms with Crippen molar-refractivity contribution in [2.75, 3.05) is 12.3 Å². The number of rotatable bonds is 7. The Labute approximate surface area is 126 Å². The van der Waals surface area contributed by atoms with E-state index in [2.05, 4.69) is 5.32 Å². The first-order valence-corrected chi connectivity index (χ1v) is 8.00. The minimum atomic E-state index is -3.14. The lowest BCUT2D eigenvalue weighted by molar-refractivity contribution is -0.121. The normalized spacial score (nSPS) is 12.3. The second-order valence-electron chi connectivity index (χ2n) is 4.51. The summed E-state index contributed by atoms with van der Waals surface area (Å²) in [5.74, 6) is -0.170. The molecule has 0 saturated heterocycles. The van der Waals surface area contributed by atoms with Crippen LogP contribution in [0.3, 0.4) is 0 Å². The first-order chi connectivity index (χ1) is 8.91. The van der Waals surface area contributed by atoms with Crippen LogP contribution < -0.4 is 11.1 Å². The van der Waals surface area contributed by atoms with Crippen molar-refractivity contribution in [2.45, 2.75) is 25.1 Å². The van der Waals surface area contributed by atoms with Gasteiger partial charge in [-0.2, -0.15) is 0 Å². The van der Waals surface area contributed by atoms with Crippen molar-refractivity contribution in [3.05, 3.63) is 35.9 Å². The molecule has 1 rings (SSSR count). The molecule has 5 nitrogen and oxygen atoms in total. The first kappa shape index (κ1) is 18.9. The topological polar surface area (TPSA) is 89.3 Å². The number of nitrogens with two attached hydrogens (primary N) is 1. The molecule has 3 N–H and O–H groups in total. The van der Waals surface area contributed by atoms with Gasteiger partial charge in [0.1, 0.15) is 0 Å². The Morgan fingerprint density at radius 3 is 2.45 bits per heavy atom. The highest BCUT2D eigenvalue weighted by Crippen LogP contribution is 2.06. The van der Waals surface area contributed by atoms with Crippen LogP contribution in [0.15, 0.2) is 30.3 Å². The molecule has 0 fully saturated rings. The van der Waals surface area contributed by atoms with Gasteiger partial charge in [-0.05, 0) is 18.9 Å². The molecule has 0 heterocycles. The maximum absolute atomic E-state index is 11.8. The van der Waals surface area contributed by atoms with Crippen molar-refractivity contribution in [3.8, 4) is 0 Å². The SMILES string of the molecule is CC(N)C(=O)NCCCS(=O)(=O)Cc1ccccc1.Cl. The molecular formula is C13H21ClN2O3S. The summed E-state index contributed by atoms with van der Waals surface area (Å²) < 4.78 is 23.7. The van der Waals surface area contributed by atoms with Crippen molar-refractivity contribution in [1.82, 2.24) is 5.32 Å². The van der Waals surface area contributed by atoms with Crippen LogP contribution in [-0.2, 0) is 20.4 Å². The van der Waals surface area contributed by atoms with Crippen molar-refractivity contribution >= 4 is 28.2 Å². The second-order valence-corrected chi connectivity index (χ2v) is 6.69. The molecular weight excluding hydrogens is 300 g/mol. The van der Waals surface area contributed by atoms with Crippen molar-refractivity contribution in [2.24, 2.45) is 5.73 Å². The number of sulfone groups is 1. The summed E-state index contributed by atoms with van der Waals surface area (Å²) in [5, 5.41) is 2.59. The van der Waals surface area contributed by atoms with Gasteiger partial charge in [0.25, 0.3) is 0 Å². The Hall–Kier alpha value is -1.11. The molecule has 20 heavy (non-hydrogen) atoms. The monoisotopic (exact) mass is 320 g/mol. The fourth-order valence-electron chi connectivity index (χ4n) is 1.56. The van der Waals surface area contributed by atoms with Crippen molar-refractivity contribution < 1.29 is 13.2 Å². The molecule has 1 aromatic carbocycles. The smallest absolute Gasteiger partial charge is 0.236 e. The zero-order chi connectivity index (χ0) is 14.3. The summed E-state index contributed by atoms with van der Waals surface area (Å²) in [7, 11) is -3.14. The molecule has 1 atom stereocenters. The third-order valence-corrected chi connectivity index (χ3v) is 4.26. The summed E-state index contributed by atoms with van der Waals surface area (Å²) in [4.78, 5) is 11.2.